The van der Waals surface area contributed by atoms with Crippen LogP contribution in [0.2, 0.25) is 0 Å². The van der Waals surface area contributed by atoms with Gasteiger partial charge in [-0.3, -0.25) is 14.9 Å². The summed E-state index contributed by atoms with van der Waals surface area (Å²) in [4.78, 5) is 26.0. The maximum Gasteiger partial charge on any atom is 0.259 e. The molecule has 162 valence electrons. The Kier molecular flexibility index (Phi) is 4.73. The molecule has 0 saturated carbocycles. The van der Waals surface area contributed by atoms with E-state index in [1.54, 1.807) is 0 Å². The Morgan fingerprint density at radius 2 is 1.41 bits per heavy atom. The van der Waals surface area contributed by atoms with Gasteiger partial charge in [-0.25, -0.2) is 0 Å². The quantitative estimate of drug-likeness (QED) is 0.318. The average molecular weight is 447 g/mol. The molecular formula is C25H23ClN4O2. The summed E-state index contributed by atoms with van der Waals surface area (Å²) < 4.78 is 4.48. The van der Waals surface area contributed by atoms with Crippen molar-refractivity contribution in [3.63, 3.8) is 0 Å². The SMILES string of the molecule is CNCCCn1c2ccccc2c2c3c(c4c5ccccc5n(C)c4c21)C(=O)NC3=O.Cl. The molecule has 3 heterocycles. The van der Waals surface area contributed by atoms with Gasteiger partial charge in [-0.2, -0.15) is 0 Å². The highest BCUT2D eigenvalue weighted by Crippen LogP contribution is 2.44. The normalized spacial score (nSPS) is 13.3. The third-order valence-corrected chi connectivity index (χ3v) is 6.54. The molecular weight excluding hydrogens is 424 g/mol. The van der Waals surface area contributed by atoms with E-state index in [1.165, 1.54) is 0 Å². The summed E-state index contributed by atoms with van der Waals surface area (Å²) in [6.45, 7) is 1.71. The van der Waals surface area contributed by atoms with Gasteiger partial charge in [0.05, 0.1) is 22.2 Å². The smallest absolute Gasteiger partial charge is 0.259 e. The van der Waals surface area contributed by atoms with Gasteiger partial charge in [-0.15, -0.1) is 12.4 Å². The summed E-state index contributed by atoms with van der Waals surface area (Å²) in [5, 5.41) is 9.52. The van der Waals surface area contributed by atoms with Crippen molar-refractivity contribution in [2.75, 3.05) is 13.6 Å². The number of amides is 2. The zero-order valence-corrected chi connectivity index (χ0v) is 18.7. The van der Waals surface area contributed by atoms with Crippen LogP contribution in [0.25, 0.3) is 43.6 Å². The first-order valence-electron chi connectivity index (χ1n) is 10.6. The van der Waals surface area contributed by atoms with E-state index < -0.39 is 0 Å². The first-order chi connectivity index (χ1) is 15.1. The number of carbonyl (C=O) groups is 2. The molecule has 7 heteroatoms. The monoisotopic (exact) mass is 446 g/mol. The highest BCUT2D eigenvalue weighted by atomic mass is 35.5. The third kappa shape index (κ3) is 2.51. The van der Waals surface area contributed by atoms with Crippen molar-refractivity contribution in [2.24, 2.45) is 7.05 Å². The topological polar surface area (TPSA) is 68.1 Å². The van der Waals surface area contributed by atoms with E-state index in [0.29, 0.717) is 11.1 Å². The van der Waals surface area contributed by atoms with Gasteiger partial charge in [0.25, 0.3) is 11.8 Å². The van der Waals surface area contributed by atoms with Crippen LogP contribution < -0.4 is 10.6 Å². The fourth-order valence-electron chi connectivity index (χ4n) is 5.30. The summed E-state index contributed by atoms with van der Waals surface area (Å²) in [5.41, 5.74) is 5.16. The number of hydrogen-bond donors (Lipinski definition) is 2. The van der Waals surface area contributed by atoms with Crippen LogP contribution in [-0.4, -0.2) is 34.5 Å². The van der Waals surface area contributed by atoms with Gasteiger partial charge in [0.2, 0.25) is 0 Å². The summed E-state index contributed by atoms with van der Waals surface area (Å²) in [6.07, 6.45) is 0.956. The first-order valence-corrected chi connectivity index (χ1v) is 10.6. The second-order valence-corrected chi connectivity index (χ2v) is 8.18. The van der Waals surface area contributed by atoms with E-state index in [2.05, 4.69) is 38.0 Å². The highest BCUT2D eigenvalue weighted by molar-refractivity contribution is 6.39. The summed E-state index contributed by atoms with van der Waals surface area (Å²) in [6, 6.07) is 16.3. The van der Waals surface area contributed by atoms with Crippen LogP contribution >= 0.6 is 12.4 Å². The molecule has 5 aromatic rings. The average Bonchev–Trinajstić information content (AvgIpc) is 3.37. The molecule has 0 unspecified atom stereocenters. The van der Waals surface area contributed by atoms with Crippen LogP contribution in [0.5, 0.6) is 0 Å². The summed E-state index contributed by atoms with van der Waals surface area (Å²) >= 11 is 0. The summed E-state index contributed by atoms with van der Waals surface area (Å²) in [5.74, 6) is -0.617. The number of para-hydroxylation sites is 2. The van der Waals surface area contributed by atoms with E-state index in [4.69, 9.17) is 0 Å². The zero-order chi connectivity index (χ0) is 21.3. The molecule has 32 heavy (non-hydrogen) atoms. The highest BCUT2D eigenvalue weighted by Gasteiger charge is 2.36. The molecule has 1 aliphatic rings. The molecule has 1 aliphatic heterocycles. The van der Waals surface area contributed by atoms with E-state index in [0.717, 1.165) is 63.1 Å². The maximum absolute atomic E-state index is 13.0. The van der Waals surface area contributed by atoms with Crippen molar-refractivity contribution in [1.29, 1.82) is 0 Å². The molecule has 2 N–H and O–H groups in total. The minimum atomic E-state index is -0.310. The number of nitrogens with one attached hydrogen (secondary N) is 2. The van der Waals surface area contributed by atoms with Gasteiger partial charge in [0.15, 0.2) is 0 Å². The van der Waals surface area contributed by atoms with Crippen molar-refractivity contribution >= 4 is 67.8 Å². The predicted molar refractivity (Wildman–Crippen MR) is 131 cm³/mol. The lowest BCUT2D eigenvalue weighted by atomic mass is 9.96. The molecule has 0 aliphatic carbocycles. The molecule has 0 fully saturated rings. The second kappa shape index (κ2) is 7.36. The lowest BCUT2D eigenvalue weighted by molar-refractivity contribution is 0.0880. The molecule has 6 rings (SSSR count). The Morgan fingerprint density at radius 1 is 0.844 bits per heavy atom. The number of carbonyl (C=O) groups excluding carboxylic acids is 2. The fraction of sp³-hybridized carbons (Fsp3) is 0.200. The number of nitrogens with zero attached hydrogens (tertiary/aromatic N) is 2. The number of imide groups is 1. The Bertz CT molecular complexity index is 1580. The third-order valence-electron chi connectivity index (χ3n) is 6.54. The van der Waals surface area contributed by atoms with E-state index in [-0.39, 0.29) is 24.2 Å². The molecule has 3 aromatic carbocycles. The maximum atomic E-state index is 13.0. The van der Waals surface area contributed by atoms with Crippen molar-refractivity contribution < 1.29 is 9.59 Å². The molecule has 2 aromatic heterocycles. The lowest BCUT2D eigenvalue weighted by Crippen LogP contribution is -2.20. The zero-order valence-electron chi connectivity index (χ0n) is 17.9. The number of benzene rings is 3. The Balaban J connectivity index is 0.00000216. The molecule has 0 radical (unpaired) electrons. The Morgan fingerprint density at radius 3 is 2.06 bits per heavy atom. The van der Waals surface area contributed by atoms with Crippen molar-refractivity contribution in [3.05, 3.63) is 59.7 Å². The van der Waals surface area contributed by atoms with Crippen LogP contribution in [0.1, 0.15) is 27.1 Å². The number of hydrogen-bond acceptors (Lipinski definition) is 3. The Hall–Kier alpha value is -3.35. The first kappa shape index (κ1) is 20.5. The number of fused-ring (bicyclic) bond motifs is 10. The molecule has 0 atom stereocenters. The van der Waals surface area contributed by atoms with Gasteiger partial charge in [0.1, 0.15) is 0 Å². The van der Waals surface area contributed by atoms with Gasteiger partial charge in [-0.1, -0.05) is 36.4 Å². The van der Waals surface area contributed by atoms with Crippen LogP contribution in [-0.2, 0) is 13.6 Å². The second-order valence-electron chi connectivity index (χ2n) is 8.18. The lowest BCUT2D eigenvalue weighted by Gasteiger charge is -2.11. The van der Waals surface area contributed by atoms with E-state index in [9.17, 15) is 9.59 Å². The Labute approximate surface area is 190 Å². The minimum absolute atomic E-state index is 0. The molecule has 0 bridgehead atoms. The van der Waals surface area contributed by atoms with Crippen LogP contribution in [0, 0.1) is 0 Å². The minimum Gasteiger partial charge on any atom is -0.342 e. The fourth-order valence-corrected chi connectivity index (χ4v) is 5.30. The van der Waals surface area contributed by atoms with Crippen LogP contribution in [0.15, 0.2) is 48.5 Å². The van der Waals surface area contributed by atoms with Gasteiger partial charge in [-0.05, 0) is 32.1 Å². The number of halogens is 1. The molecule has 0 spiro atoms. The van der Waals surface area contributed by atoms with Gasteiger partial charge < -0.3 is 14.5 Å². The largest absolute Gasteiger partial charge is 0.342 e. The van der Waals surface area contributed by atoms with Crippen molar-refractivity contribution in [2.45, 2.75) is 13.0 Å². The molecule has 6 nitrogen and oxygen atoms in total. The van der Waals surface area contributed by atoms with Gasteiger partial charge in [0, 0.05) is 46.2 Å². The van der Waals surface area contributed by atoms with E-state index in [1.807, 2.05) is 44.4 Å². The van der Waals surface area contributed by atoms with E-state index >= 15 is 0 Å². The van der Waals surface area contributed by atoms with Gasteiger partial charge >= 0.3 is 0 Å². The number of aromatic nitrogens is 2. The number of aryl methyl sites for hydroxylation is 2. The van der Waals surface area contributed by atoms with Crippen LogP contribution in [0.4, 0.5) is 0 Å². The summed E-state index contributed by atoms with van der Waals surface area (Å²) in [7, 11) is 4.00. The van der Waals surface area contributed by atoms with Crippen LogP contribution in [0.3, 0.4) is 0 Å². The predicted octanol–water partition coefficient (Wildman–Crippen LogP) is 4.35. The van der Waals surface area contributed by atoms with Crippen molar-refractivity contribution in [1.82, 2.24) is 19.8 Å². The standard InChI is InChI=1S/C25H22N4O2.ClH/c1-26-12-7-13-29-17-11-6-4-9-15(17)19-21-20(24(30)27-25(21)31)18-14-8-3-5-10-16(14)28(2)22(18)23(19)29;/h3-6,8-11,26H,7,12-13H2,1-2H3,(H,27,30,31);1H. The van der Waals surface area contributed by atoms with Crippen molar-refractivity contribution in [3.8, 4) is 0 Å². The molecule has 2 amide bonds. The number of rotatable bonds is 4. The molecule has 0 saturated heterocycles.